The Morgan fingerprint density at radius 2 is 2.00 bits per heavy atom. The molecule has 1 amide bonds. The summed E-state index contributed by atoms with van der Waals surface area (Å²) in [5.41, 5.74) is 0.816. The van der Waals surface area contributed by atoms with E-state index in [2.05, 4.69) is 21.6 Å². The number of benzene rings is 2. The van der Waals surface area contributed by atoms with Crippen LogP contribution in [0.25, 0.3) is 10.8 Å². The SMILES string of the molecule is Cn1c(SCC(=O)Nc2ccc3ccccc3c2)nnc1C1CC1. The molecule has 0 atom stereocenters. The fourth-order valence-electron chi connectivity index (χ4n) is 2.74. The number of carbonyl (C=O) groups is 1. The van der Waals surface area contributed by atoms with Crippen molar-refractivity contribution in [2.75, 3.05) is 11.1 Å². The molecule has 1 saturated carbocycles. The molecule has 0 unspecified atom stereocenters. The standard InChI is InChI=1S/C18H18N4OS/c1-22-17(13-6-7-13)20-21-18(22)24-11-16(23)19-15-9-8-12-4-2-3-5-14(12)10-15/h2-5,8-10,13H,6-7,11H2,1H3,(H,19,23). The summed E-state index contributed by atoms with van der Waals surface area (Å²) in [7, 11) is 1.97. The van der Waals surface area contributed by atoms with E-state index < -0.39 is 0 Å². The first kappa shape index (κ1) is 15.2. The van der Waals surface area contributed by atoms with Gasteiger partial charge in [0.2, 0.25) is 5.91 Å². The fourth-order valence-corrected chi connectivity index (χ4v) is 3.46. The van der Waals surface area contributed by atoms with Gasteiger partial charge in [-0.25, -0.2) is 0 Å². The number of hydrogen-bond donors (Lipinski definition) is 1. The summed E-state index contributed by atoms with van der Waals surface area (Å²) in [4.78, 5) is 12.2. The van der Waals surface area contributed by atoms with Crippen LogP contribution in [0, 0.1) is 0 Å². The highest BCUT2D eigenvalue weighted by atomic mass is 32.2. The minimum atomic E-state index is -0.0359. The Morgan fingerprint density at radius 1 is 1.21 bits per heavy atom. The average Bonchev–Trinajstić information content (AvgIpc) is 3.36. The van der Waals surface area contributed by atoms with Gasteiger partial charge in [-0.15, -0.1) is 10.2 Å². The van der Waals surface area contributed by atoms with Crippen molar-refractivity contribution in [3.05, 3.63) is 48.3 Å². The summed E-state index contributed by atoms with van der Waals surface area (Å²) >= 11 is 1.42. The third-order valence-electron chi connectivity index (χ3n) is 4.18. The van der Waals surface area contributed by atoms with Crippen molar-refractivity contribution in [2.24, 2.45) is 7.05 Å². The van der Waals surface area contributed by atoms with Crippen molar-refractivity contribution in [1.82, 2.24) is 14.8 Å². The molecule has 0 aliphatic heterocycles. The Hall–Kier alpha value is -2.34. The first-order valence-corrected chi connectivity index (χ1v) is 9.00. The van der Waals surface area contributed by atoms with Crippen molar-refractivity contribution in [1.29, 1.82) is 0 Å². The van der Waals surface area contributed by atoms with Gasteiger partial charge < -0.3 is 9.88 Å². The highest BCUT2D eigenvalue weighted by molar-refractivity contribution is 7.99. The van der Waals surface area contributed by atoms with Gasteiger partial charge in [0.05, 0.1) is 5.75 Å². The van der Waals surface area contributed by atoms with E-state index in [9.17, 15) is 4.79 Å². The molecular formula is C18H18N4OS. The molecule has 1 aromatic heterocycles. The minimum Gasteiger partial charge on any atom is -0.325 e. The van der Waals surface area contributed by atoms with Crippen molar-refractivity contribution in [2.45, 2.75) is 23.9 Å². The molecule has 0 saturated heterocycles. The van der Waals surface area contributed by atoms with Gasteiger partial charge in [-0.2, -0.15) is 0 Å². The Morgan fingerprint density at radius 3 is 2.79 bits per heavy atom. The quantitative estimate of drug-likeness (QED) is 0.723. The number of amides is 1. The lowest BCUT2D eigenvalue weighted by atomic mass is 10.1. The molecule has 0 radical (unpaired) electrons. The second-order valence-corrected chi connectivity index (χ2v) is 7.02. The topological polar surface area (TPSA) is 59.8 Å². The second kappa shape index (κ2) is 6.28. The molecule has 4 rings (SSSR count). The van der Waals surface area contributed by atoms with Crippen molar-refractivity contribution in [3.8, 4) is 0 Å². The van der Waals surface area contributed by atoms with Crippen molar-refractivity contribution >= 4 is 34.1 Å². The van der Waals surface area contributed by atoms with Gasteiger partial charge in [0.25, 0.3) is 0 Å². The monoisotopic (exact) mass is 338 g/mol. The number of anilines is 1. The molecule has 0 spiro atoms. The van der Waals surface area contributed by atoms with Gasteiger partial charge in [0, 0.05) is 18.7 Å². The predicted octanol–water partition coefficient (Wildman–Crippen LogP) is 3.58. The Balaban J connectivity index is 1.39. The molecule has 1 heterocycles. The zero-order valence-corrected chi connectivity index (χ0v) is 14.2. The third-order valence-corrected chi connectivity index (χ3v) is 5.20. The van der Waals surface area contributed by atoms with Crippen molar-refractivity contribution < 1.29 is 4.79 Å². The van der Waals surface area contributed by atoms with Crippen LogP contribution in [-0.2, 0) is 11.8 Å². The fraction of sp³-hybridized carbons (Fsp3) is 0.278. The molecular weight excluding hydrogens is 320 g/mol. The van der Waals surface area contributed by atoms with Crippen LogP contribution >= 0.6 is 11.8 Å². The van der Waals surface area contributed by atoms with E-state index in [1.165, 1.54) is 24.6 Å². The van der Waals surface area contributed by atoms with Crippen LogP contribution in [0.2, 0.25) is 0 Å². The summed E-state index contributed by atoms with van der Waals surface area (Å²) in [5, 5.41) is 14.5. The van der Waals surface area contributed by atoms with Gasteiger partial charge in [-0.3, -0.25) is 4.79 Å². The summed E-state index contributed by atoms with van der Waals surface area (Å²) in [6, 6.07) is 14.0. The maximum atomic E-state index is 12.2. The molecule has 1 aliphatic carbocycles. The predicted molar refractivity (Wildman–Crippen MR) is 96.3 cm³/mol. The molecule has 1 N–H and O–H groups in total. The minimum absolute atomic E-state index is 0.0359. The van der Waals surface area contributed by atoms with E-state index in [0.29, 0.717) is 11.7 Å². The Bertz CT molecular complexity index is 901. The van der Waals surface area contributed by atoms with E-state index >= 15 is 0 Å². The van der Waals surface area contributed by atoms with Gasteiger partial charge >= 0.3 is 0 Å². The first-order valence-electron chi connectivity index (χ1n) is 8.01. The van der Waals surface area contributed by atoms with E-state index in [1.807, 2.05) is 48.0 Å². The van der Waals surface area contributed by atoms with Crippen LogP contribution < -0.4 is 5.32 Å². The normalized spacial score (nSPS) is 14.0. The lowest BCUT2D eigenvalue weighted by molar-refractivity contribution is -0.113. The molecule has 3 aromatic rings. The zero-order valence-electron chi connectivity index (χ0n) is 13.4. The lowest BCUT2D eigenvalue weighted by Gasteiger charge is -2.07. The molecule has 2 aromatic carbocycles. The number of thioether (sulfide) groups is 1. The molecule has 122 valence electrons. The summed E-state index contributed by atoms with van der Waals surface area (Å²) in [6.07, 6.45) is 2.39. The van der Waals surface area contributed by atoms with E-state index in [0.717, 1.165) is 27.4 Å². The van der Waals surface area contributed by atoms with Crippen LogP contribution in [0.5, 0.6) is 0 Å². The summed E-state index contributed by atoms with van der Waals surface area (Å²) in [6.45, 7) is 0. The number of aromatic nitrogens is 3. The summed E-state index contributed by atoms with van der Waals surface area (Å²) in [5.74, 6) is 1.88. The van der Waals surface area contributed by atoms with Crippen molar-refractivity contribution in [3.63, 3.8) is 0 Å². The molecule has 0 bridgehead atoms. The van der Waals surface area contributed by atoms with E-state index in [-0.39, 0.29) is 5.91 Å². The first-order chi connectivity index (χ1) is 11.7. The van der Waals surface area contributed by atoms with Gasteiger partial charge in [-0.05, 0) is 35.7 Å². The third kappa shape index (κ3) is 3.14. The second-order valence-electron chi connectivity index (χ2n) is 6.07. The molecule has 5 nitrogen and oxygen atoms in total. The maximum absolute atomic E-state index is 12.2. The largest absolute Gasteiger partial charge is 0.325 e. The van der Waals surface area contributed by atoms with Gasteiger partial charge in [-0.1, -0.05) is 42.1 Å². The Kier molecular flexibility index (Phi) is 3.98. The molecule has 1 fully saturated rings. The number of fused-ring (bicyclic) bond motifs is 1. The Labute approximate surface area is 144 Å². The van der Waals surface area contributed by atoms with E-state index in [4.69, 9.17) is 0 Å². The van der Waals surface area contributed by atoms with Crippen LogP contribution in [0.15, 0.2) is 47.6 Å². The number of hydrogen-bond acceptors (Lipinski definition) is 4. The molecule has 24 heavy (non-hydrogen) atoms. The smallest absolute Gasteiger partial charge is 0.234 e. The highest BCUT2D eigenvalue weighted by Gasteiger charge is 2.29. The molecule has 1 aliphatic rings. The average molecular weight is 338 g/mol. The number of carbonyl (C=O) groups excluding carboxylic acids is 1. The van der Waals surface area contributed by atoms with Crippen LogP contribution in [0.1, 0.15) is 24.6 Å². The van der Waals surface area contributed by atoms with Crippen LogP contribution in [-0.4, -0.2) is 26.4 Å². The maximum Gasteiger partial charge on any atom is 0.234 e. The van der Waals surface area contributed by atoms with Crippen LogP contribution in [0.4, 0.5) is 5.69 Å². The molecule has 6 heteroatoms. The van der Waals surface area contributed by atoms with Crippen LogP contribution in [0.3, 0.4) is 0 Å². The number of rotatable bonds is 5. The summed E-state index contributed by atoms with van der Waals surface area (Å²) < 4.78 is 2.01. The van der Waals surface area contributed by atoms with E-state index in [1.54, 1.807) is 0 Å². The van der Waals surface area contributed by atoms with Gasteiger partial charge in [0.15, 0.2) is 5.16 Å². The van der Waals surface area contributed by atoms with Gasteiger partial charge in [0.1, 0.15) is 5.82 Å². The zero-order chi connectivity index (χ0) is 16.5. The highest BCUT2D eigenvalue weighted by Crippen LogP contribution is 2.39. The number of nitrogens with one attached hydrogen (secondary N) is 1. The lowest BCUT2D eigenvalue weighted by Crippen LogP contribution is -2.14. The number of nitrogens with zero attached hydrogens (tertiary/aromatic N) is 3.